The second-order valence-corrected chi connectivity index (χ2v) is 28.8. The van der Waals surface area contributed by atoms with E-state index in [1.807, 2.05) is 109 Å². The molecule has 12 aromatic rings. The number of fused-ring (bicyclic) bond motifs is 10. The predicted molar refractivity (Wildman–Crippen MR) is 395 cm³/mol. The first kappa shape index (κ1) is 58.9. The second kappa shape index (κ2) is 21.0. The lowest BCUT2D eigenvalue weighted by Gasteiger charge is -2.43. The highest BCUT2D eigenvalue weighted by atomic mass is 16.3. The zero-order chi connectivity index (χ0) is 67.1. The number of carbonyl (C=O) groups excluding carboxylic acids is 3. The molecule has 6 heterocycles. The van der Waals surface area contributed by atoms with Crippen molar-refractivity contribution >= 4 is 97.3 Å². The number of aliphatic hydroxyl groups excluding tert-OH is 1. The monoisotopic (exact) mass is 1270 g/mol. The van der Waals surface area contributed by atoms with Crippen LogP contribution < -0.4 is 29.4 Å². The molecular weight excluding hydrogens is 1210 g/mol. The van der Waals surface area contributed by atoms with Crippen molar-refractivity contribution in [2.75, 3.05) is 29.4 Å². The van der Waals surface area contributed by atoms with E-state index in [1.165, 1.54) is 9.80 Å². The van der Waals surface area contributed by atoms with Crippen LogP contribution in [0.3, 0.4) is 0 Å². The van der Waals surface area contributed by atoms with Crippen LogP contribution in [-0.2, 0) is 21.7 Å². The molecule has 0 bridgehead atoms. The molecule has 0 spiro atoms. The molecule has 0 aromatic heterocycles. The number of rotatable bonds is 7. The molecule has 0 saturated heterocycles. The SMILES string of the molecule is CC1(C)c2ccccc2N(c2ccc(N3c4ccccc4C(C)(C)c4ccccc43)c3c2C(=O)N(c2cccc(-c4cccc(N5C(=O)c6c(N7c8ccccc8C(C)(C)c8ccccc87)ccc(N7c8ccccc8C(C)(C)c8ccccc87)c6C5O)c4)c2)C3=O)c2ccccc21. The quantitative estimate of drug-likeness (QED) is 0.158. The van der Waals surface area contributed by atoms with Gasteiger partial charge < -0.3 is 24.7 Å². The zero-order valence-electron chi connectivity index (χ0n) is 55.8. The number of carbonyl (C=O) groups is 3. The van der Waals surface area contributed by atoms with Crippen LogP contribution in [-0.4, -0.2) is 22.8 Å². The summed E-state index contributed by atoms with van der Waals surface area (Å²) < 4.78 is 0. The summed E-state index contributed by atoms with van der Waals surface area (Å²) in [7, 11) is 0. The fourth-order valence-electron chi connectivity index (χ4n) is 17.4. The van der Waals surface area contributed by atoms with E-state index in [0.717, 1.165) is 90.0 Å². The van der Waals surface area contributed by atoms with Gasteiger partial charge in [-0.3, -0.25) is 19.3 Å². The van der Waals surface area contributed by atoms with Crippen LogP contribution in [0.4, 0.5) is 79.6 Å². The van der Waals surface area contributed by atoms with E-state index in [9.17, 15) is 5.11 Å². The molecule has 18 rings (SSSR count). The minimum absolute atomic E-state index is 0.296. The molecule has 1 N–H and O–H groups in total. The van der Waals surface area contributed by atoms with Gasteiger partial charge in [-0.15, -0.1) is 0 Å². The van der Waals surface area contributed by atoms with Gasteiger partial charge in [0.15, 0.2) is 6.23 Å². The summed E-state index contributed by atoms with van der Waals surface area (Å²) in [4.78, 5) is 60.6. The Labute approximate surface area is 571 Å². The number of hydrogen-bond donors (Lipinski definition) is 1. The van der Waals surface area contributed by atoms with Crippen molar-refractivity contribution in [2.24, 2.45) is 0 Å². The number of anilines is 14. The van der Waals surface area contributed by atoms with Crippen LogP contribution in [0, 0.1) is 0 Å². The van der Waals surface area contributed by atoms with E-state index < -0.39 is 18.0 Å². The lowest BCUT2D eigenvalue weighted by atomic mass is 9.73. The lowest BCUT2D eigenvalue weighted by molar-refractivity contribution is 0.0917. The van der Waals surface area contributed by atoms with Gasteiger partial charge in [0.05, 0.1) is 90.6 Å². The maximum absolute atomic E-state index is 16.4. The van der Waals surface area contributed by atoms with Crippen LogP contribution in [0.2, 0.25) is 0 Å². The summed E-state index contributed by atoms with van der Waals surface area (Å²) in [6.45, 7) is 18.0. The molecule has 10 heteroatoms. The number of benzene rings is 12. The fraction of sp³-hybridized carbons (Fsp3) is 0.148. The topological polar surface area (TPSA) is 90.9 Å². The normalized spacial score (nSPS) is 17.4. The number of amides is 3. The average molecular weight is 1280 g/mol. The average Bonchev–Trinajstić information content (AvgIpc) is 1.48. The van der Waals surface area contributed by atoms with Gasteiger partial charge in [0.1, 0.15) is 0 Å². The molecular formula is C88H70N6O4. The molecule has 0 saturated carbocycles. The third-order valence-electron chi connectivity index (χ3n) is 22.2. The van der Waals surface area contributed by atoms with Gasteiger partial charge in [0, 0.05) is 32.9 Å². The standard InChI is InChI=1S/C88H70N6O4/c1-85(2)57-31-9-17-39-65(57)91(66-40-18-10-32-58(66)85)73-47-48-74(92-67-41-19-11-33-59(67)86(3,4)60-34-12-20-42-68(60)92)78-77(73)81(95)89(82(78)96)55-29-25-27-53(51-55)54-28-26-30-56(52-54)90-83(97)79-75(93-69-43-21-13-35-61(69)87(5,6)62-36-14-22-44-70(62)93)49-50-76(80(79)84(90)98)94-71-45-23-15-37-63(71)88(7,8)64-38-16-24-46-72(64)94/h9-52,81,95H,1-8H3. The van der Waals surface area contributed by atoms with E-state index >= 15 is 14.4 Å². The third-order valence-corrected chi connectivity index (χ3v) is 22.2. The van der Waals surface area contributed by atoms with Crippen molar-refractivity contribution in [2.45, 2.75) is 83.3 Å². The van der Waals surface area contributed by atoms with Gasteiger partial charge in [-0.2, -0.15) is 0 Å². The molecule has 12 aromatic carbocycles. The van der Waals surface area contributed by atoms with Crippen molar-refractivity contribution < 1.29 is 19.5 Å². The molecule has 98 heavy (non-hydrogen) atoms. The van der Waals surface area contributed by atoms with Gasteiger partial charge in [0.25, 0.3) is 17.7 Å². The number of nitrogens with zero attached hydrogens (tertiary/aromatic N) is 6. The van der Waals surface area contributed by atoms with Gasteiger partial charge in [-0.25, -0.2) is 4.90 Å². The Kier molecular flexibility index (Phi) is 12.6. The fourth-order valence-corrected chi connectivity index (χ4v) is 17.4. The van der Waals surface area contributed by atoms with Gasteiger partial charge in [-0.05, 0) is 153 Å². The first-order valence-corrected chi connectivity index (χ1v) is 33.8. The maximum Gasteiger partial charge on any atom is 0.268 e. The highest BCUT2D eigenvalue weighted by Gasteiger charge is 2.50. The first-order valence-electron chi connectivity index (χ1n) is 33.8. The summed E-state index contributed by atoms with van der Waals surface area (Å²) in [5.41, 5.74) is 21.1. The summed E-state index contributed by atoms with van der Waals surface area (Å²) in [6.07, 6.45) is -1.45. The van der Waals surface area contributed by atoms with Crippen molar-refractivity contribution in [1.82, 2.24) is 0 Å². The molecule has 6 aliphatic rings. The maximum atomic E-state index is 16.4. The number of hydrogen-bond acceptors (Lipinski definition) is 8. The Morgan fingerprint density at radius 2 is 0.510 bits per heavy atom. The summed E-state index contributed by atoms with van der Waals surface area (Å²) >= 11 is 0. The molecule has 10 nitrogen and oxygen atoms in total. The van der Waals surface area contributed by atoms with Crippen LogP contribution in [0.5, 0.6) is 0 Å². The smallest absolute Gasteiger partial charge is 0.268 e. The Bertz CT molecular complexity index is 5120. The zero-order valence-corrected chi connectivity index (χ0v) is 55.8. The van der Waals surface area contributed by atoms with E-state index in [-0.39, 0.29) is 27.6 Å². The first-order chi connectivity index (χ1) is 47.4. The van der Waals surface area contributed by atoms with Crippen molar-refractivity contribution in [1.29, 1.82) is 0 Å². The predicted octanol–water partition coefficient (Wildman–Crippen LogP) is 21.2. The summed E-state index contributed by atoms with van der Waals surface area (Å²) in [6, 6.07) is 90.5. The molecule has 476 valence electrons. The van der Waals surface area contributed by atoms with Gasteiger partial charge >= 0.3 is 0 Å². The molecule has 0 aliphatic carbocycles. The molecule has 6 aliphatic heterocycles. The number of aliphatic hydroxyl groups is 1. The van der Waals surface area contributed by atoms with Crippen molar-refractivity contribution in [3.63, 3.8) is 0 Å². The van der Waals surface area contributed by atoms with Gasteiger partial charge in [0.2, 0.25) is 0 Å². The van der Waals surface area contributed by atoms with E-state index in [4.69, 9.17) is 0 Å². The number of para-hydroxylation sites is 8. The Balaban J connectivity index is 0.782. The van der Waals surface area contributed by atoms with Crippen molar-refractivity contribution in [3.05, 3.63) is 334 Å². The highest BCUT2D eigenvalue weighted by Crippen LogP contribution is 2.61. The highest BCUT2D eigenvalue weighted by molar-refractivity contribution is 6.38. The molecule has 1 atom stereocenters. The largest absolute Gasteiger partial charge is 0.369 e. The minimum atomic E-state index is -1.45. The minimum Gasteiger partial charge on any atom is -0.369 e. The van der Waals surface area contributed by atoms with E-state index in [0.29, 0.717) is 67.5 Å². The van der Waals surface area contributed by atoms with Crippen molar-refractivity contribution in [3.8, 4) is 11.1 Å². The third kappa shape index (κ3) is 8.03. The van der Waals surface area contributed by atoms with Crippen LogP contribution in [0.25, 0.3) is 11.1 Å². The van der Waals surface area contributed by atoms with Crippen LogP contribution in [0.1, 0.15) is 143 Å². The Hall–Kier alpha value is -11.6. The van der Waals surface area contributed by atoms with Gasteiger partial charge in [-0.1, -0.05) is 225 Å². The van der Waals surface area contributed by atoms with Crippen LogP contribution >= 0.6 is 0 Å². The molecule has 3 amide bonds. The van der Waals surface area contributed by atoms with E-state index in [2.05, 4.69) is 233 Å². The molecule has 0 fully saturated rings. The molecule has 0 radical (unpaired) electrons. The second-order valence-electron chi connectivity index (χ2n) is 28.8. The van der Waals surface area contributed by atoms with Crippen LogP contribution in [0.15, 0.2) is 267 Å². The molecule has 1 unspecified atom stereocenters. The number of imide groups is 1. The Morgan fingerprint density at radius 3 is 0.827 bits per heavy atom. The summed E-state index contributed by atoms with van der Waals surface area (Å²) in [5.74, 6) is -1.27. The van der Waals surface area contributed by atoms with E-state index in [1.54, 1.807) is 0 Å². The summed E-state index contributed by atoms with van der Waals surface area (Å²) in [5, 5.41) is 13.5. The Morgan fingerprint density at radius 1 is 0.255 bits per heavy atom. The lowest BCUT2D eigenvalue weighted by Crippen LogP contribution is -2.32.